The Bertz CT molecular complexity index is 295. The molecule has 1 aliphatic heterocycles. The summed E-state index contributed by atoms with van der Waals surface area (Å²) in [5.41, 5.74) is 0. The van der Waals surface area contributed by atoms with E-state index >= 15 is 0 Å². The van der Waals surface area contributed by atoms with Gasteiger partial charge in [-0.2, -0.15) is 0 Å². The number of aliphatic hydroxyl groups excluding tert-OH is 4. The second-order valence-electron chi connectivity index (χ2n) is 4.77. The highest BCUT2D eigenvalue weighted by Gasteiger charge is 2.43. The zero-order chi connectivity index (χ0) is 15.1. The molecule has 1 aliphatic rings. The van der Waals surface area contributed by atoms with Gasteiger partial charge in [-0.05, 0) is 12.8 Å². The fraction of sp³-hybridized carbons (Fsp3) is 0.917. The Hall–Kier alpha value is -0.770. The first kappa shape index (κ1) is 17.3. The van der Waals surface area contributed by atoms with Crippen LogP contribution in [0.2, 0.25) is 0 Å². The summed E-state index contributed by atoms with van der Waals surface area (Å²) in [7, 11) is 0. The fourth-order valence-corrected chi connectivity index (χ4v) is 1.96. The summed E-state index contributed by atoms with van der Waals surface area (Å²) in [5, 5.41) is 46.2. The van der Waals surface area contributed by atoms with Gasteiger partial charge < -0.3 is 35.0 Å². The number of hydrogen-bond acceptors (Lipinski definition) is 7. The van der Waals surface area contributed by atoms with E-state index in [1.165, 1.54) is 0 Å². The Morgan fingerprint density at radius 2 is 1.75 bits per heavy atom. The van der Waals surface area contributed by atoms with E-state index in [9.17, 15) is 20.1 Å². The van der Waals surface area contributed by atoms with E-state index in [-0.39, 0.29) is 13.0 Å². The summed E-state index contributed by atoms with van der Waals surface area (Å²) in [6.45, 7) is -0.272. The molecular formula is C12H22O8. The molecule has 5 N–H and O–H groups in total. The molecule has 5 atom stereocenters. The summed E-state index contributed by atoms with van der Waals surface area (Å²) in [6, 6.07) is 0. The van der Waals surface area contributed by atoms with Crippen molar-refractivity contribution in [1.29, 1.82) is 0 Å². The smallest absolute Gasteiger partial charge is 0.303 e. The number of ether oxygens (including phenoxy) is 2. The minimum atomic E-state index is -1.45. The molecule has 0 unspecified atom stereocenters. The van der Waals surface area contributed by atoms with E-state index < -0.39 is 43.3 Å². The van der Waals surface area contributed by atoms with E-state index in [1.54, 1.807) is 0 Å². The van der Waals surface area contributed by atoms with Gasteiger partial charge in [-0.15, -0.1) is 0 Å². The highest BCUT2D eigenvalue weighted by molar-refractivity contribution is 5.66. The zero-order valence-corrected chi connectivity index (χ0v) is 11.1. The number of aliphatic carboxylic acids is 1. The summed E-state index contributed by atoms with van der Waals surface area (Å²) < 4.78 is 10.4. The third-order valence-corrected chi connectivity index (χ3v) is 3.17. The predicted octanol–water partition coefficient (Wildman–Crippen LogP) is -1.55. The molecule has 0 aliphatic carbocycles. The Morgan fingerprint density at radius 1 is 1.05 bits per heavy atom. The Kier molecular flexibility index (Phi) is 7.35. The van der Waals surface area contributed by atoms with Crippen LogP contribution in [-0.2, 0) is 14.3 Å². The van der Waals surface area contributed by atoms with Gasteiger partial charge >= 0.3 is 5.97 Å². The minimum absolute atomic E-state index is 0.0973. The second kappa shape index (κ2) is 8.50. The van der Waals surface area contributed by atoms with Crippen molar-refractivity contribution in [1.82, 2.24) is 0 Å². The van der Waals surface area contributed by atoms with E-state index in [2.05, 4.69) is 0 Å². The monoisotopic (exact) mass is 294 g/mol. The van der Waals surface area contributed by atoms with Crippen LogP contribution in [0.3, 0.4) is 0 Å². The van der Waals surface area contributed by atoms with E-state index in [0.29, 0.717) is 19.3 Å². The lowest BCUT2D eigenvalue weighted by atomic mass is 9.99. The molecular weight excluding hydrogens is 272 g/mol. The van der Waals surface area contributed by atoms with E-state index in [4.69, 9.17) is 19.7 Å². The molecule has 20 heavy (non-hydrogen) atoms. The van der Waals surface area contributed by atoms with E-state index in [0.717, 1.165) is 0 Å². The number of carboxylic acids is 1. The summed E-state index contributed by atoms with van der Waals surface area (Å²) in [4.78, 5) is 10.3. The van der Waals surface area contributed by atoms with Gasteiger partial charge in [0.1, 0.15) is 24.4 Å². The van der Waals surface area contributed by atoms with Crippen molar-refractivity contribution in [3.63, 3.8) is 0 Å². The molecule has 8 heteroatoms. The van der Waals surface area contributed by atoms with Crippen LogP contribution in [-0.4, -0.2) is 75.4 Å². The van der Waals surface area contributed by atoms with Gasteiger partial charge in [0.2, 0.25) is 0 Å². The topological polar surface area (TPSA) is 137 Å². The number of carboxylic acid groups (broad SMARTS) is 1. The summed E-state index contributed by atoms with van der Waals surface area (Å²) in [6.07, 6.45) is -4.47. The molecule has 0 radical (unpaired) electrons. The first-order chi connectivity index (χ1) is 9.47. The van der Waals surface area contributed by atoms with Gasteiger partial charge in [-0.25, -0.2) is 0 Å². The van der Waals surface area contributed by atoms with Gasteiger partial charge in [-0.1, -0.05) is 6.42 Å². The molecule has 1 rings (SSSR count). The van der Waals surface area contributed by atoms with Crippen LogP contribution in [0.1, 0.15) is 25.7 Å². The normalized spacial score (nSPS) is 34.1. The van der Waals surface area contributed by atoms with Crippen molar-refractivity contribution in [2.45, 2.75) is 56.4 Å². The van der Waals surface area contributed by atoms with Crippen molar-refractivity contribution >= 4 is 5.97 Å². The lowest BCUT2D eigenvalue weighted by Gasteiger charge is -2.39. The number of hydrogen-bond donors (Lipinski definition) is 5. The van der Waals surface area contributed by atoms with Crippen molar-refractivity contribution in [2.24, 2.45) is 0 Å². The van der Waals surface area contributed by atoms with Crippen LogP contribution in [0.15, 0.2) is 0 Å². The molecule has 0 saturated carbocycles. The van der Waals surface area contributed by atoms with Gasteiger partial charge in [-0.3, -0.25) is 4.79 Å². The fourth-order valence-electron chi connectivity index (χ4n) is 1.96. The van der Waals surface area contributed by atoms with Crippen molar-refractivity contribution in [3.8, 4) is 0 Å². The van der Waals surface area contributed by atoms with Gasteiger partial charge in [0, 0.05) is 13.0 Å². The average Bonchev–Trinajstić information content (AvgIpc) is 2.42. The number of aliphatic hydroxyl groups is 4. The summed E-state index contributed by atoms with van der Waals surface area (Å²) in [5.74, 6) is -0.847. The SMILES string of the molecule is O=C(O)CCCCCO[C@@H]1O[C@H](CO)[C@@H](O)[C@H](O)[C@H]1O. The number of carbonyl (C=O) groups is 1. The number of unbranched alkanes of at least 4 members (excludes halogenated alkanes) is 2. The Balaban J connectivity index is 2.26. The van der Waals surface area contributed by atoms with Crippen LogP contribution in [0.5, 0.6) is 0 Å². The third kappa shape index (κ3) is 4.97. The maximum atomic E-state index is 10.3. The first-order valence-electron chi connectivity index (χ1n) is 6.61. The molecule has 0 bridgehead atoms. The van der Waals surface area contributed by atoms with Crippen molar-refractivity contribution in [3.05, 3.63) is 0 Å². The highest BCUT2D eigenvalue weighted by Crippen LogP contribution is 2.22. The van der Waals surface area contributed by atoms with Gasteiger partial charge in [0.25, 0.3) is 0 Å². The third-order valence-electron chi connectivity index (χ3n) is 3.17. The van der Waals surface area contributed by atoms with Gasteiger partial charge in [0.05, 0.1) is 6.61 Å². The molecule has 1 fully saturated rings. The van der Waals surface area contributed by atoms with E-state index in [1.807, 2.05) is 0 Å². The molecule has 0 aromatic heterocycles. The molecule has 8 nitrogen and oxygen atoms in total. The lowest BCUT2D eigenvalue weighted by molar-refractivity contribution is -0.301. The van der Waals surface area contributed by atoms with Crippen LogP contribution >= 0.6 is 0 Å². The summed E-state index contributed by atoms with van der Waals surface area (Å²) >= 11 is 0. The lowest BCUT2D eigenvalue weighted by Crippen LogP contribution is -2.59. The van der Waals surface area contributed by atoms with Crippen LogP contribution in [0, 0.1) is 0 Å². The predicted molar refractivity (Wildman–Crippen MR) is 65.8 cm³/mol. The largest absolute Gasteiger partial charge is 0.481 e. The van der Waals surface area contributed by atoms with Crippen LogP contribution in [0.4, 0.5) is 0 Å². The standard InChI is InChI=1S/C12H22O8/c13-6-7-9(16)10(17)11(18)12(20-7)19-5-3-1-2-4-8(14)15/h7,9-13,16-18H,1-6H2,(H,14,15)/t7-,9-,10+,11-,12-/m1/s1. The molecule has 0 aromatic rings. The molecule has 1 heterocycles. The first-order valence-corrected chi connectivity index (χ1v) is 6.61. The average molecular weight is 294 g/mol. The number of rotatable bonds is 8. The van der Waals surface area contributed by atoms with Crippen LogP contribution in [0.25, 0.3) is 0 Å². The zero-order valence-electron chi connectivity index (χ0n) is 11.1. The maximum Gasteiger partial charge on any atom is 0.303 e. The van der Waals surface area contributed by atoms with Crippen molar-refractivity contribution in [2.75, 3.05) is 13.2 Å². The maximum absolute atomic E-state index is 10.3. The molecule has 0 aromatic carbocycles. The molecule has 1 saturated heterocycles. The van der Waals surface area contributed by atoms with Crippen LogP contribution < -0.4 is 0 Å². The van der Waals surface area contributed by atoms with Crippen molar-refractivity contribution < 1.29 is 39.8 Å². The van der Waals surface area contributed by atoms with Gasteiger partial charge in [0.15, 0.2) is 6.29 Å². The Morgan fingerprint density at radius 3 is 2.35 bits per heavy atom. The highest BCUT2D eigenvalue weighted by atomic mass is 16.7. The Labute approximate surface area is 116 Å². The second-order valence-corrected chi connectivity index (χ2v) is 4.77. The minimum Gasteiger partial charge on any atom is -0.481 e. The molecule has 0 amide bonds. The molecule has 118 valence electrons. The quantitative estimate of drug-likeness (QED) is 0.339. The molecule has 0 spiro atoms.